The Hall–Kier alpha value is -2.03. The maximum atomic E-state index is 11.8. The number of carboxylic acids is 1. The van der Waals surface area contributed by atoms with Gasteiger partial charge in [0.25, 0.3) is 0 Å². The van der Waals surface area contributed by atoms with Gasteiger partial charge in [0.2, 0.25) is 0 Å². The van der Waals surface area contributed by atoms with E-state index < -0.39 is 24.1 Å². The maximum absolute atomic E-state index is 11.8. The summed E-state index contributed by atoms with van der Waals surface area (Å²) in [6.07, 6.45) is -0.796. The van der Waals surface area contributed by atoms with Crippen LogP contribution >= 0.6 is 0 Å². The number of amides is 4. The highest BCUT2D eigenvalue weighted by atomic mass is 16.4. The van der Waals surface area contributed by atoms with Crippen LogP contribution in [0.25, 0.3) is 0 Å². The molecule has 1 saturated heterocycles. The second-order valence-corrected chi connectivity index (χ2v) is 4.75. The number of β-amino-alcohol motifs (C(OH)–C–C–N with tert-alkyl or cyclic N) is 1. The molecule has 1 aliphatic rings. The molecule has 114 valence electrons. The van der Waals surface area contributed by atoms with Gasteiger partial charge in [0.1, 0.15) is 6.04 Å². The standard InChI is InChI=1S/C11H20N4O5/c1-14(2)10(19)12-3-4-13-11(20)15-6-7(16)5-8(15)9(17)18/h7-8,16H,3-6H2,1-2H3,(H,12,19)(H,13,20)(H,17,18)/t7?,8-/m0/s1. The molecule has 1 unspecified atom stereocenters. The first-order chi connectivity index (χ1) is 9.32. The molecule has 0 saturated carbocycles. The van der Waals surface area contributed by atoms with Crippen molar-refractivity contribution in [3.63, 3.8) is 0 Å². The van der Waals surface area contributed by atoms with E-state index in [4.69, 9.17) is 5.11 Å². The van der Waals surface area contributed by atoms with Crippen LogP contribution in [0.15, 0.2) is 0 Å². The lowest BCUT2D eigenvalue weighted by molar-refractivity contribution is -0.141. The van der Waals surface area contributed by atoms with Crippen molar-refractivity contribution in [3.8, 4) is 0 Å². The van der Waals surface area contributed by atoms with Crippen LogP contribution in [0.2, 0.25) is 0 Å². The van der Waals surface area contributed by atoms with E-state index in [-0.39, 0.29) is 32.1 Å². The summed E-state index contributed by atoms with van der Waals surface area (Å²) in [7, 11) is 3.19. The molecule has 4 amide bonds. The Bertz CT molecular complexity index is 387. The molecular formula is C11H20N4O5. The molecular weight excluding hydrogens is 268 g/mol. The molecule has 0 aliphatic carbocycles. The third-order valence-electron chi connectivity index (χ3n) is 2.91. The Morgan fingerprint density at radius 3 is 2.40 bits per heavy atom. The van der Waals surface area contributed by atoms with Crippen molar-refractivity contribution < 1.29 is 24.6 Å². The SMILES string of the molecule is CN(C)C(=O)NCCNC(=O)N1CC(O)C[C@H]1C(=O)O. The van der Waals surface area contributed by atoms with E-state index >= 15 is 0 Å². The van der Waals surface area contributed by atoms with E-state index in [9.17, 15) is 19.5 Å². The van der Waals surface area contributed by atoms with Gasteiger partial charge in [0.05, 0.1) is 6.10 Å². The van der Waals surface area contributed by atoms with Crippen LogP contribution in [-0.2, 0) is 4.79 Å². The van der Waals surface area contributed by atoms with Crippen molar-refractivity contribution in [2.24, 2.45) is 0 Å². The zero-order chi connectivity index (χ0) is 15.3. The Morgan fingerprint density at radius 2 is 1.85 bits per heavy atom. The summed E-state index contributed by atoms with van der Waals surface area (Å²) in [6.45, 7) is 0.404. The van der Waals surface area contributed by atoms with Gasteiger partial charge in [-0.15, -0.1) is 0 Å². The molecule has 0 aromatic rings. The van der Waals surface area contributed by atoms with Crippen LogP contribution in [0.1, 0.15) is 6.42 Å². The molecule has 0 spiro atoms. The van der Waals surface area contributed by atoms with Crippen molar-refractivity contribution in [2.45, 2.75) is 18.6 Å². The van der Waals surface area contributed by atoms with E-state index in [1.54, 1.807) is 14.1 Å². The highest BCUT2D eigenvalue weighted by molar-refractivity contribution is 5.83. The number of aliphatic carboxylic acids is 1. The van der Waals surface area contributed by atoms with Crippen molar-refractivity contribution in [1.82, 2.24) is 20.4 Å². The Balaban J connectivity index is 2.35. The second kappa shape index (κ2) is 6.94. The van der Waals surface area contributed by atoms with E-state index in [0.717, 1.165) is 4.90 Å². The van der Waals surface area contributed by atoms with Gasteiger partial charge in [-0.1, -0.05) is 0 Å². The molecule has 2 atom stereocenters. The number of carbonyl (C=O) groups is 3. The number of nitrogens with zero attached hydrogens (tertiary/aromatic N) is 2. The van der Waals surface area contributed by atoms with Crippen molar-refractivity contribution >= 4 is 18.0 Å². The van der Waals surface area contributed by atoms with Crippen LogP contribution in [0.3, 0.4) is 0 Å². The molecule has 0 aromatic heterocycles. The molecule has 1 heterocycles. The van der Waals surface area contributed by atoms with Crippen molar-refractivity contribution in [3.05, 3.63) is 0 Å². The summed E-state index contributed by atoms with van der Waals surface area (Å²) in [5, 5.41) is 23.4. The topological polar surface area (TPSA) is 122 Å². The summed E-state index contributed by atoms with van der Waals surface area (Å²) in [5.74, 6) is -1.14. The number of likely N-dealkylation sites (tertiary alicyclic amines) is 1. The highest BCUT2D eigenvalue weighted by Gasteiger charge is 2.38. The molecule has 9 heteroatoms. The largest absolute Gasteiger partial charge is 0.480 e. The molecule has 1 fully saturated rings. The first-order valence-corrected chi connectivity index (χ1v) is 6.23. The first kappa shape index (κ1) is 16.0. The molecule has 0 radical (unpaired) electrons. The molecule has 1 rings (SSSR count). The van der Waals surface area contributed by atoms with Gasteiger partial charge in [-0.25, -0.2) is 14.4 Å². The minimum Gasteiger partial charge on any atom is -0.480 e. The van der Waals surface area contributed by atoms with Crippen LogP contribution in [0, 0.1) is 0 Å². The fraction of sp³-hybridized carbons (Fsp3) is 0.727. The quantitative estimate of drug-likeness (QED) is 0.468. The number of urea groups is 2. The number of hydrogen-bond donors (Lipinski definition) is 4. The van der Waals surface area contributed by atoms with E-state index in [1.807, 2.05) is 0 Å². The monoisotopic (exact) mass is 288 g/mol. The molecule has 20 heavy (non-hydrogen) atoms. The fourth-order valence-electron chi connectivity index (χ4n) is 1.87. The van der Waals surface area contributed by atoms with E-state index in [1.165, 1.54) is 4.90 Å². The van der Waals surface area contributed by atoms with Gasteiger partial charge in [-0.3, -0.25) is 0 Å². The maximum Gasteiger partial charge on any atom is 0.326 e. The normalized spacial score (nSPS) is 21.4. The van der Waals surface area contributed by atoms with Crippen LogP contribution in [0.4, 0.5) is 9.59 Å². The van der Waals surface area contributed by atoms with Gasteiger partial charge in [-0.05, 0) is 0 Å². The van der Waals surface area contributed by atoms with Gasteiger partial charge in [-0.2, -0.15) is 0 Å². The second-order valence-electron chi connectivity index (χ2n) is 4.75. The van der Waals surface area contributed by atoms with Crippen molar-refractivity contribution in [1.29, 1.82) is 0 Å². The molecule has 9 nitrogen and oxygen atoms in total. The van der Waals surface area contributed by atoms with E-state index in [2.05, 4.69) is 10.6 Å². The lowest BCUT2D eigenvalue weighted by atomic mass is 10.2. The lowest BCUT2D eigenvalue weighted by Crippen LogP contribution is -2.48. The average Bonchev–Trinajstić information content (AvgIpc) is 2.76. The zero-order valence-electron chi connectivity index (χ0n) is 11.5. The number of aliphatic hydroxyl groups excluding tert-OH is 1. The molecule has 1 aliphatic heterocycles. The average molecular weight is 288 g/mol. The number of carbonyl (C=O) groups excluding carboxylic acids is 2. The summed E-state index contributed by atoms with van der Waals surface area (Å²) >= 11 is 0. The van der Waals surface area contributed by atoms with Crippen LogP contribution < -0.4 is 10.6 Å². The molecule has 4 N–H and O–H groups in total. The van der Waals surface area contributed by atoms with Gasteiger partial charge in [0, 0.05) is 40.2 Å². The Morgan fingerprint density at radius 1 is 1.25 bits per heavy atom. The van der Waals surface area contributed by atoms with Gasteiger partial charge >= 0.3 is 18.0 Å². The third kappa shape index (κ3) is 4.26. The number of nitrogens with one attached hydrogen (secondary N) is 2. The number of hydrogen-bond acceptors (Lipinski definition) is 4. The summed E-state index contributed by atoms with van der Waals surface area (Å²) < 4.78 is 0. The third-order valence-corrected chi connectivity index (χ3v) is 2.91. The zero-order valence-corrected chi connectivity index (χ0v) is 11.5. The first-order valence-electron chi connectivity index (χ1n) is 6.23. The predicted octanol–water partition coefficient (Wildman–Crippen LogP) is -1.51. The summed E-state index contributed by atoms with van der Waals surface area (Å²) in [4.78, 5) is 36.4. The molecule has 0 aromatic carbocycles. The predicted molar refractivity (Wildman–Crippen MR) is 69.2 cm³/mol. The molecule has 0 bridgehead atoms. The van der Waals surface area contributed by atoms with Crippen molar-refractivity contribution in [2.75, 3.05) is 33.7 Å². The fourth-order valence-corrected chi connectivity index (χ4v) is 1.87. The highest BCUT2D eigenvalue weighted by Crippen LogP contribution is 2.17. The number of carboxylic acid groups (broad SMARTS) is 1. The summed E-state index contributed by atoms with van der Waals surface area (Å²) in [6, 6.07) is -1.85. The van der Waals surface area contributed by atoms with Gasteiger partial charge in [0.15, 0.2) is 0 Å². The minimum absolute atomic E-state index is 0.00709. The number of rotatable bonds is 4. The van der Waals surface area contributed by atoms with Gasteiger partial charge < -0.3 is 30.6 Å². The summed E-state index contributed by atoms with van der Waals surface area (Å²) in [5.41, 5.74) is 0. The lowest BCUT2D eigenvalue weighted by Gasteiger charge is -2.21. The Labute approximate surface area is 116 Å². The van der Waals surface area contributed by atoms with Crippen LogP contribution in [-0.4, -0.2) is 83.9 Å². The smallest absolute Gasteiger partial charge is 0.326 e. The Kier molecular flexibility index (Phi) is 5.56. The number of aliphatic hydroxyl groups is 1. The van der Waals surface area contributed by atoms with E-state index in [0.29, 0.717) is 0 Å². The van der Waals surface area contributed by atoms with Crippen LogP contribution in [0.5, 0.6) is 0 Å². The minimum atomic E-state index is -1.14.